The minimum Gasteiger partial charge on any atom is -0.495 e. The number of nitrogen functional groups attached to an aromatic ring is 1. The number of benzene rings is 2. The van der Waals surface area contributed by atoms with Crippen LogP contribution in [0.5, 0.6) is 11.5 Å². The zero-order valence-corrected chi connectivity index (χ0v) is 11.4. The van der Waals surface area contributed by atoms with Gasteiger partial charge in [-0.2, -0.15) is 0 Å². The molecule has 2 aromatic carbocycles. The van der Waals surface area contributed by atoms with Gasteiger partial charge in [0.25, 0.3) is 0 Å². The van der Waals surface area contributed by atoms with E-state index in [1.165, 1.54) is 0 Å². The number of hydrogen-bond acceptors (Lipinski definition) is 4. The van der Waals surface area contributed by atoms with Gasteiger partial charge in [0, 0.05) is 7.05 Å². The molecule has 0 atom stereocenters. The highest BCUT2D eigenvalue weighted by atomic mass is 16.5. The van der Waals surface area contributed by atoms with E-state index in [0.29, 0.717) is 11.4 Å². The number of rotatable bonds is 4. The first-order chi connectivity index (χ1) is 9.19. The van der Waals surface area contributed by atoms with E-state index < -0.39 is 0 Å². The largest absolute Gasteiger partial charge is 0.495 e. The molecule has 0 aliphatic rings. The minimum absolute atomic E-state index is 0.610. The van der Waals surface area contributed by atoms with Crippen LogP contribution in [0.1, 0.15) is 0 Å². The summed E-state index contributed by atoms with van der Waals surface area (Å²) in [6.07, 6.45) is 0. The highest BCUT2D eigenvalue weighted by molar-refractivity contribution is 5.80. The second-order valence-corrected chi connectivity index (χ2v) is 4.12. The lowest BCUT2D eigenvalue weighted by atomic mass is 10.2. The second kappa shape index (κ2) is 5.52. The molecule has 2 N–H and O–H groups in total. The monoisotopic (exact) mass is 258 g/mol. The van der Waals surface area contributed by atoms with Crippen molar-refractivity contribution in [3.63, 3.8) is 0 Å². The Morgan fingerprint density at radius 1 is 0.842 bits per heavy atom. The van der Waals surface area contributed by atoms with Gasteiger partial charge >= 0.3 is 0 Å². The van der Waals surface area contributed by atoms with E-state index in [9.17, 15) is 0 Å². The fraction of sp³-hybridized carbons (Fsp3) is 0.200. The predicted molar refractivity (Wildman–Crippen MR) is 78.5 cm³/mol. The van der Waals surface area contributed by atoms with Gasteiger partial charge in [-0.1, -0.05) is 18.2 Å². The van der Waals surface area contributed by atoms with Gasteiger partial charge in [-0.15, -0.1) is 0 Å². The van der Waals surface area contributed by atoms with Crippen LogP contribution in [-0.4, -0.2) is 21.3 Å². The lowest BCUT2D eigenvalue weighted by Crippen LogP contribution is -2.13. The Bertz CT molecular complexity index is 570. The molecule has 0 fully saturated rings. The lowest BCUT2D eigenvalue weighted by Gasteiger charge is -2.24. The van der Waals surface area contributed by atoms with Crippen molar-refractivity contribution in [2.24, 2.45) is 0 Å². The average molecular weight is 258 g/mol. The molecular formula is C15H18N2O2. The Morgan fingerprint density at radius 2 is 1.42 bits per heavy atom. The van der Waals surface area contributed by atoms with Crippen molar-refractivity contribution in [2.75, 3.05) is 31.9 Å². The van der Waals surface area contributed by atoms with Crippen molar-refractivity contribution >= 4 is 17.1 Å². The summed E-state index contributed by atoms with van der Waals surface area (Å²) in [4.78, 5) is 1.98. The number of anilines is 3. The van der Waals surface area contributed by atoms with Gasteiger partial charge in [0.2, 0.25) is 0 Å². The molecule has 100 valence electrons. The first kappa shape index (κ1) is 13.1. The Hall–Kier alpha value is -2.36. The number of para-hydroxylation sites is 3. The van der Waals surface area contributed by atoms with Crippen molar-refractivity contribution < 1.29 is 9.47 Å². The minimum atomic E-state index is 0.610. The fourth-order valence-electron chi connectivity index (χ4n) is 2.04. The highest BCUT2D eigenvalue weighted by Crippen LogP contribution is 2.38. The molecule has 0 amide bonds. The van der Waals surface area contributed by atoms with Crippen molar-refractivity contribution in [3.8, 4) is 11.5 Å². The van der Waals surface area contributed by atoms with E-state index in [1.807, 2.05) is 54.4 Å². The van der Waals surface area contributed by atoms with Crippen molar-refractivity contribution in [2.45, 2.75) is 0 Å². The number of nitrogens with two attached hydrogens (primary N) is 1. The maximum absolute atomic E-state index is 6.12. The lowest BCUT2D eigenvalue weighted by molar-refractivity contribution is 0.415. The Kier molecular flexibility index (Phi) is 3.80. The third kappa shape index (κ3) is 2.42. The molecule has 19 heavy (non-hydrogen) atoms. The first-order valence-corrected chi connectivity index (χ1v) is 5.98. The number of methoxy groups -OCH3 is 2. The summed E-state index contributed by atoms with van der Waals surface area (Å²) >= 11 is 0. The van der Waals surface area contributed by atoms with Gasteiger partial charge in [-0.05, 0) is 24.3 Å². The van der Waals surface area contributed by atoms with Crippen LogP contribution in [0, 0.1) is 0 Å². The Morgan fingerprint density at radius 3 is 2.11 bits per heavy atom. The highest BCUT2D eigenvalue weighted by Gasteiger charge is 2.13. The molecule has 2 aromatic rings. The van der Waals surface area contributed by atoms with Gasteiger partial charge in [-0.25, -0.2) is 0 Å². The van der Waals surface area contributed by atoms with Crippen molar-refractivity contribution in [1.29, 1.82) is 0 Å². The van der Waals surface area contributed by atoms with Crippen LogP contribution >= 0.6 is 0 Å². The van der Waals surface area contributed by atoms with Crippen LogP contribution in [0.25, 0.3) is 0 Å². The van der Waals surface area contributed by atoms with E-state index in [4.69, 9.17) is 15.2 Å². The van der Waals surface area contributed by atoms with Gasteiger partial charge < -0.3 is 20.1 Å². The molecule has 0 heterocycles. The van der Waals surface area contributed by atoms with Crippen LogP contribution < -0.4 is 20.1 Å². The topological polar surface area (TPSA) is 47.7 Å². The molecule has 0 saturated heterocycles. The van der Waals surface area contributed by atoms with Crippen molar-refractivity contribution in [3.05, 3.63) is 42.5 Å². The van der Waals surface area contributed by atoms with Crippen LogP contribution in [0.2, 0.25) is 0 Å². The zero-order chi connectivity index (χ0) is 13.8. The normalized spacial score (nSPS) is 10.1. The van der Waals surface area contributed by atoms with E-state index in [-0.39, 0.29) is 0 Å². The second-order valence-electron chi connectivity index (χ2n) is 4.12. The molecule has 0 spiro atoms. The number of ether oxygens (including phenoxy) is 2. The fourth-order valence-corrected chi connectivity index (χ4v) is 2.04. The predicted octanol–water partition coefficient (Wildman–Crippen LogP) is 3.05. The maximum atomic E-state index is 6.12. The quantitative estimate of drug-likeness (QED) is 0.856. The van der Waals surface area contributed by atoms with E-state index >= 15 is 0 Å². The summed E-state index contributed by atoms with van der Waals surface area (Å²) in [7, 11) is 5.21. The molecule has 0 aliphatic carbocycles. The molecule has 4 heteroatoms. The molecular weight excluding hydrogens is 240 g/mol. The van der Waals surface area contributed by atoms with Gasteiger partial charge in [-0.3, -0.25) is 0 Å². The van der Waals surface area contributed by atoms with Gasteiger partial charge in [0.05, 0.1) is 31.3 Å². The summed E-state index contributed by atoms with van der Waals surface area (Å²) in [6.45, 7) is 0. The summed E-state index contributed by atoms with van der Waals surface area (Å²) in [5, 5.41) is 0. The molecule has 0 bridgehead atoms. The summed E-state index contributed by atoms with van der Waals surface area (Å²) in [6, 6.07) is 13.5. The van der Waals surface area contributed by atoms with Gasteiger partial charge in [0.1, 0.15) is 11.5 Å². The molecule has 0 aliphatic heterocycles. The SMILES string of the molecule is COc1ccccc1N(C)c1cccc(OC)c1N. The molecule has 4 nitrogen and oxygen atoms in total. The first-order valence-electron chi connectivity index (χ1n) is 5.98. The van der Waals surface area contributed by atoms with Crippen LogP contribution in [-0.2, 0) is 0 Å². The third-order valence-electron chi connectivity index (χ3n) is 3.07. The van der Waals surface area contributed by atoms with E-state index in [1.54, 1.807) is 14.2 Å². The molecule has 0 saturated carbocycles. The molecule has 0 unspecified atom stereocenters. The third-order valence-corrected chi connectivity index (χ3v) is 3.07. The number of hydrogen-bond donors (Lipinski definition) is 1. The van der Waals surface area contributed by atoms with Gasteiger partial charge in [0.15, 0.2) is 0 Å². The van der Waals surface area contributed by atoms with Crippen LogP contribution in [0.4, 0.5) is 17.1 Å². The number of nitrogens with zero attached hydrogens (tertiary/aromatic N) is 1. The standard InChI is InChI=1S/C15H18N2O2/c1-17(11-7-4-5-9-13(11)18-2)12-8-6-10-14(19-3)15(12)16/h4-10H,16H2,1-3H3. The summed E-state index contributed by atoms with van der Waals surface area (Å²) < 4.78 is 10.6. The average Bonchev–Trinajstić information content (AvgIpc) is 2.46. The van der Waals surface area contributed by atoms with E-state index in [2.05, 4.69) is 0 Å². The smallest absolute Gasteiger partial charge is 0.143 e. The molecule has 0 aromatic heterocycles. The van der Waals surface area contributed by atoms with E-state index in [0.717, 1.165) is 17.1 Å². The van der Waals surface area contributed by atoms with Crippen LogP contribution in [0.15, 0.2) is 42.5 Å². The Balaban J connectivity index is 2.47. The van der Waals surface area contributed by atoms with Crippen LogP contribution in [0.3, 0.4) is 0 Å². The molecule has 0 radical (unpaired) electrons. The Labute approximate surface area is 113 Å². The zero-order valence-electron chi connectivity index (χ0n) is 11.4. The molecule has 2 rings (SSSR count). The summed E-state index contributed by atoms with van der Waals surface area (Å²) in [5.41, 5.74) is 8.55. The maximum Gasteiger partial charge on any atom is 0.143 e. The summed E-state index contributed by atoms with van der Waals surface area (Å²) in [5.74, 6) is 1.46. The van der Waals surface area contributed by atoms with Crippen molar-refractivity contribution in [1.82, 2.24) is 0 Å².